The summed E-state index contributed by atoms with van der Waals surface area (Å²) in [7, 11) is -3.03. The number of aromatic nitrogens is 2. The Labute approximate surface area is 174 Å². The quantitative estimate of drug-likeness (QED) is 0.282. The van der Waals surface area contributed by atoms with Gasteiger partial charge in [-0.3, -0.25) is 4.99 Å². The van der Waals surface area contributed by atoms with E-state index >= 15 is 0 Å². The van der Waals surface area contributed by atoms with Gasteiger partial charge in [0.25, 0.3) is 0 Å². The van der Waals surface area contributed by atoms with Crippen LogP contribution >= 0.6 is 24.0 Å². The number of nitrogens with zero attached hydrogens (tertiary/aromatic N) is 4. The lowest BCUT2D eigenvalue weighted by Crippen LogP contribution is -2.57. The highest BCUT2D eigenvalue weighted by Crippen LogP contribution is 2.23. The number of hydrogen-bond donors (Lipinski definition) is 1. The van der Waals surface area contributed by atoms with Crippen LogP contribution in [0, 0.1) is 6.92 Å². The van der Waals surface area contributed by atoms with Gasteiger partial charge in [-0.05, 0) is 40.5 Å². The first-order valence-electron chi connectivity index (χ1n) is 9.00. The summed E-state index contributed by atoms with van der Waals surface area (Å²) in [6, 6.07) is 0. The number of unbranched alkanes of at least 4 members (excludes halogenated alkanes) is 1. The Morgan fingerprint density at radius 3 is 2.69 bits per heavy atom. The van der Waals surface area contributed by atoms with Crippen molar-refractivity contribution in [2.24, 2.45) is 4.99 Å². The molecule has 0 radical (unpaired) electrons. The van der Waals surface area contributed by atoms with Crippen LogP contribution in [0.2, 0.25) is 0 Å². The highest BCUT2D eigenvalue weighted by molar-refractivity contribution is 14.0. The summed E-state index contributed by atoms with van der Waals surface area (Å²) < 4.78 is 25.8. The molecule has 0 aromatic carbocycles. The van der Waals surface area contributed by atoms with Crippen LogP contribution < -0.4 is 5.32 Å². The normalized spacial score (nSPS) is 19.1. The van der Waals surface area contributed by atoms with Crippen LogP contribution in [0.5, 0.6) is 0 Å². The molecule has 0 bridgehead atoms. The zero-order valence-electron chi connectivity index (χ0n) is 16.2. The summed E-state index contributed by atoms with van der Waals surface area (Å²) in [6.45, 7) is 11.1. The van der Waals surface area contributed by atoms with Crippen molar-refractivity contribution in [2.75, 3.05) is 31.9 Å². The highest BCUT2D eigenvalue weighted by atomic mass is 127. The maximum Gasteiger partial charge on any atom is 0.193 e. The Morgan fingerprint density at radius 2 is 2.12 bits per heavy atom. The van der Waals surface area contributed by atoms with Gasteiger partial charge in [0.05, 0.1) is 10.5 Å². The van der Waals surface area contributed by atoms with Gasteiger partial charge in [0.15, 0.2) is 15.8 Å². The summed E-state index contributed by atoms with van der Waals surface area (Å²) in [6.07, 6.45) is 5.85. The maximum absolute atomic E-state index is 12.2. The Bertz CT molecular complexity index is 700. The Balaban J connectivity index is 0.00000338. The molecule has 1 aromatic heterocycles. The average Bonchev–Trinajstić information content (AvgIpc) is 2.94. The van der Waals surface area contributed by atoms with Gasteiger partial charge in [-0.25, -0.2) is 13.4 Å². The molecule has 1 fully saturated rings. The van der Waals surface area contributed by atoms with E-state index in [1.54, 1.807) is 13.8 Å². The minimum Gasteiger partial charge on any atom is -0.357 e. The van der Waals surface area contributed by atoms with Crippen molar-refractivity contribution in [3.63, 3.8) is 0 Å². The molecule has 0 spiro atoms. The van der Waals surface area contributed by atoms with Crippen molar-refractivity contribution in [2.45, 2.75) is 51.8 Å². The largest absolute Gasteiger partial charge is 0.357 e. The third-order valence-corrected chi connectivity index (χ3v) is 7.20. The van der Waals surface area contributed by atoms with Crippen molar-refractivity contribution in [1.82, 2.24) is 19.8 Å². The summed E-state index contributed by atoms with van der Waals surface area (Å²) in [5.41, 5.74) is 0. The van der Waals surface area contributed by atoms with Gasteiger partial charge in [-0.1, -0.05) is 0 Å². The zero-order chi connectivity index (χ0) is 18.5. The number of guanidine groups is 1. The fraction of sp³-hybridized carbons (Fsp3) is 0.765. The van der Waals surface area contributed by atoms with Crippen molar-refractivity contribution in [3.05, 3.63) is 18.2 Å². The minimum absolute atomic E-state index is 0. The lowest BCUT2D eigenvalue weighted by atomic mass is 10.2. The van der Waals surface area contributed by atoms with E-state index in [1.165, 1.54) is 0 Å². The summed E-state index contributed by atoms with van der Waals surface area (Å²) in [5, 5.41) is 3.30. The molecule has 0 saturated carbocycles. The molecule has 2 heterocycles. The molecular weight excluding hydrogens is 465 g/mol. The standard InChI is InChI=1S/C17H31N5O2S.HI/c1-5-18-16(22-12-13-25(23,24)17(3,4)14-22)20-8-6-7-10-21-11-9-19-15(21)2;/h9,11H,5-8,10,12-14H2,1-4H3,(H,18,20);1H. The molecule has 150 valence electrons. The predicted octanol–water partition coefficient (Wildman–Crippen LogP) is 2.06. The van der Waals surface area contributed by atoms with E-state index in [2.05, 4.69) is 19.8 Å². The van der Waals surface area contributed by atoms with Crippen LogP contribution in [0.3, 0.4) is 0 Å². The van der Waals surface area contributed by atoms with Gasteiger partial charge in [0, 0.05) is 45.1 Å². The lowest BCUT2D eigenvalue weighted by Gasteiger charge is -2.39. The molecule has 0 unspecified atom stereocenters. The average molecular weight is 497 g/mol. The SMILES string of the molecule is CCNC(=NCCCCn1ccnc1C)N1CCS(=O)(=O)C(C)(C)C1.I. The number of aliphatic imine (C=N–C) groups is 1. The van der Waals surface area contributed by atoms with Crippen LogP contribution in [-0.2, 0) is 16.4 Å². The molecule has 1 aromatic rings. The number of imidazole rings is 1. The minimum atomic E-state index is -3.03. The van der Waals surface area contributed by atoms with E-state index < -0.39 is 14.6 Å². The Hall–Kier alpha value is -0.840. The van der Waals surface area contributed by atoms with E-state index in [4.69, 9.17) is 4.99 Å². The number of sulfone groups is 1. The fourth-order valence-corrected chi connectivity index (χ4v) is 4.34. The van der Waals surface area contributed by atoms with Crippen molar-refractivity contribution in [1.29, 1.82) is 0 Å². The molecule has 1 aliphatic heterocycles. The number of rotatable bonds is 6. The van der Waals surface area contributed by atoms with E-state index in [1.807, 2.05) is 26.2 Å². The molecule has 1 N–H and O–H groups in total. The van der Waals surface area contributed by atoms with Crippen molar-refractivity contribution in [3.8, 4) is 0 Å². The lowest BCUT2D eigenvalue weighted by molar-refractivity contribution is 0.353. The van der Waals surface area contributed by atoms with E-state index in [0.717, 1.165) is 44.3 Å². The smallest absolute Gasteiger partial charge is 0.193 e. The first-order valence-corrected chi connectivity index (χ1v) is 10.7. The number of halogens is 1. The first-order chi connectivity index (χ1) is 11.8. The Kier molecular flexibility index (Phi) is 8.84. The molecule has 0 aliphatic carbocycles. The van der Waals surface area contributed by atoms with Crippen LogP contribution in [0.15, 0.2) is 17.4 Å². The van der Waals surface area contributed by atoms with Crippen LogP contribution in [0.25, 0.3) is 0 Å². The van der Waals surface area contributed by atoms with Gasteiger partial charge in [0.2, 0.25) is 0 Å². The van der Waals surface area contributed by atoms with E-state index in [-0.39, 0.29) is 29.7 Å². The van der Waals surface area contributed by atoms with Crippen LogP contribution in [0.1, 0.15) is 39.4 Å². The maximum atomic E-state index is 12.2. The van der Waals surface area contributed by atoms with Crippen molar-refractivity contribution >= 4 is 39.8 Å². The monoisotopic (exact) mass is 497 g/mol. The first kappa shape index (κ1) is 23.2. The fourth-order valence-electron chi connectivity index (χ4n) is 2.97. The molecular formula is C17H32IN5O2S. The second-order valence-corrected chi connectivity index (χ2v) is 9.85. The second-order valence-electron chi connectivity index (χ2n) is 7.11. The zero-order valence-corrected chi connectivity index (χ0v) is 19.4. The third kappa shape index (κ3) is 5.83. The predicted molar refractivity (Wildman–Crippen MR) is 117 cm³/mol. The van der Waals surface area contributed by atoms with Gasteiger partial charge in [-0.2, -0.15) is 0 Å². The van der Waals surface area contributed by atoms with Gasteiger partial charge >= 0.3 is 0 Å². The molecule has 1 aliphatic rings. The van der Waals surface area contributed by atoms with E-state index in [0.29, 0.717) is 13.1 Å². The molecule has 2 rings (SSSR count). The number of hydrogen-bond acceptors (Lipinski definition) is 4. The summed E-state index contributed by atoms with van der Waals surface area (Å²) in [4.78, 5) is 11.0. The molecule has 0 atom stereocenters. The molecule has 1 saturated heterocycles. The summed E-state index contributed by atoms with van der Waals surface area (Å²) >= 11 is 0. The van der Waals surface area contributed by atoms with Gasteiger partial charge < -0.3 is 14.8 Å². The highest BCUT2D eigenvalue weighted by Gasteiger charge is 2.40. The summed E-state index contributed by atoms with van der Waals surface area (Å²) in [5.74, 6) is 2.04. The number of aryl methyl sites for hydroxylation is 2. The molecule has 0 amide bonds. The van der Waals surface area contributed by atoms with E-state index in [9.17, 15) is 8.42 Å². The molecule has 26 heavy (non-hydrogen) atoms. The molecule has 9 heteroatoms. The Morgan fingerprint density at radius 1 is 1.38 bits per heavy atom. The van der Waals surface area contributed by atoms with Crippen LogP contribution in [0.4, 0.5) is 0 Å². The third-order valence-electron chi connectivity index (χ3n) is 4.67. The molecule has 7 nitrogen and oxygen atoms in total. The van der Waals surface area contributed by atoms with Crippen LogP contribution in [-0.4, -0.2) is 65.5 Å². The second kappa shape index (κ2) is 9.91. The topological polar surface area (TPSA) is 79.6 Å². The number of nitrogens with one attached hydrogen (secondary N) is 1. The van der Waals surface area contributed by atoms with Gasteiger partial charge in [0.1, 0.15) is 5.82 Å². The van der Waals surface area contributed by atoms with Crippen molar-refractivity contribution < 1.29 is 8.42 Å². The van der Waals surface area contributed by atoms with Gasteiger partial charge in [-0.15, -0.1) is 24.0 Å².